The molecule has 3 N–H and O–H groups in total. The number of hydrogen-bond acceptors (Lipinski definition) is 8. The molecule has 1 aromatic heterocycles. The molecule has 3 aliphatic heterocycles. The van der Waals surface area contributed by atoms with Crippen molar-refractivity contribution in [3.8, 4) is 0 Å². The van der Waals surface area contributed by atoms with Crippen LogP contribution in [0.2, 0.25) is 10.0 Å². The molecule has 5 rings (SSSR count). The van der Waals surface area contributed by atoms with Crippen LogP contribution in [0.15, 0.2) is 46.9 Å². The molecule has 2 atom stereocenters. The maximum absolute atomic E-state index is 9.00. The lowest BCUT2D eigenvalue weighted by atomic mass is 9.96. The number of halogens is 2. The summed E-state index contributed by atoms with van der Waals surface area (Å²) in [4.78, 5) is 14.0. The summed E-state index contributed by atoms with van der Waals surface area (Å²) in [5.41, 5.74) is 7.10. The molecule has 1 aromatic carbocycles. The summed E-state index contributed by atoms with van der Waals surface area (Å²) in [6.07, 6.45) is 7.36. The first-order valence-corrected chi connectivity index (χ1v) is 13.2. The second-order valence-corrected chi connectivity index (χ2v) is 10.4. The number of likely N-dealkylation sites (tertiary alicyclic amines) is 1. The van der Waals surface area contributed by atoms with E-state index in [4.69, 9.17) is 43.6 Å². The zero-order valence-corrected chi connectivity index (χ0v) is 22.4. The summed E-state index contributed by atoms with van der Waals surface area (Å²) < 4.78 is 8.18. The average Bonchev–Trinajstić information content (AvgIpc) is 3.49. The third kappa shape index (κ3) is 7.91. The zero-order chi connectivity index (χ0) is 26.4. The topological polar surface area (TPSA) is 122 Å². The minimum Gasteiger partial charge on any atom is -0.481 e. The first-order valence-electron chi connectivity index (χ1n) is 12.4. The molecule has 2 fully saturated rings. The van der Waals surface area contributed by atoms with Crippen LogP contribution in [0.1, 0.15) is 31.7 Å². The van der Waals surface area contributed by atoms with E-state index in [-0.39, 0.29) is 6.10 Å². The number of benzene rings is 1. The Hall–Kier alpha value is -2.66. The quantitative estimate of drug-likeness (QED) is 0.587. The molecule has 0 bridgehead atoms. The Balaban J connectivity index is 0.000000747. The van der Waals surface area contributed by atoms with E-state index in [1.165, 1.54) is 5.56 Å². The van der Waals surface area contributed by atoms with Crippen molar-refractivity contribution < 1.29 is 14.6 Å². The number of nitrogens with two attached hydrogens (primary N) is 1. The third-order valence-corrected chi connectivity index (χ3v) is 7.16. The second-order valence-electron chi connectivity index (χ2n) is 9.54. The highest BCUT2D eigenvalue weighted by Crippen LogP contribution is 2.27. The summed E-state index contributed by atoms with van der Waals surface area (Å²) in [6.45, 7) is 5.29. The number of rotatable bonds is 5. The Labute approximate surface area is 226 Å². The standard InChI is InChI=1S/C23H29Cl2N7O.C2H4O2/c24-17-3-1-16(2-4-17)9-20-15-33-21(13-31-12-18(25)11-27-31)14-32(20)19-5-7-30(8-6-19)23-10-22(26)28-29-23;1-2(3)4/h1-4,11-12,19-21H,5-10,13-15H2,(H2,26,28);1H3,(H,3,4)/t20-,21-;/m0./s1. The number of piperidine rings is 1. The molecule has 3 aliphatic rings. The van der Waals surface area contributed by atoms with Gasteiger partial charge in [0, 0.05) is 49.9 Å². The Morgan fingerprint density at radius 2 is 1.86 bits per heavy atom. The molecule has 2 aromatic rings. The number of carboxylic acid groups (broad SMARTS) is 1. The van der Waals surface area contributed by atoms with Gasteiger partial charge in [-0.2, -0.15) is 5.10 Å². The second kappa shape index (κ2) is 12.7. The maximum Gasteiger partial charge on any atom is 0.300 e. The van der Waals surface area contributed by atoms with Gasteiger partial charge in [-0.3, -0.25) is 14.4 Å². The Bertz CT molecular complexity index is 1110. The van der Waals surface area contributed by atoms with E-state index in [2.05, 4.69) is 37.2 Å². The highest BCUT2D eigenvalue weighted by Gasteiger charge is 2.36. The number of aliphatic carboxylic acids is 1. The van der Waals surface area contributed by atoms with Gasteiger partial charge in [-0.1, -0.05) is 35.3 Å². The average molecular weight is 550 g/mol. The van der Waals surface area contributed by atoms with Crippen molar-refractivity contribution in [2.45, 2.75) is 57.3 Å². The van der Waals surface area contributed by atoms with Gasteiger partial charge in [-0.05, 0) is 37.0 Å². The molecule has 4 heterocycles. The van der Waals surface area contributed by atoms with Crippen molar-refractivity contribution in [3.63, 3.8) is 0 Å². The van der Waals surface area contributed by atoms with E-state index < -0.39 is 5.97 Å². The summed E-state index contributed by atoms with van der Waals surface area (Å²) in [6, 6.07) is 8.97. The van der Waals surface area contributed by atoms with E-state index in [1.54, 1.807) is 6.20 Å². The van der Waals surface area contributed by atoms with Crippen LogP contribution in [0.3, 0.4) is 0 Å². The molecule has 0 spiro atoms. The van der Waals surface area contributed by atoms with Gasteiger partial charge in [0.2, 0.25) is 0 Å². The molecule has 12 heteroatoms. The van der Waals surface area contributed by atoms with Crippen molar-refractivity contribution in [2.24, 2.45) is 15.9 Å². The molecule has 0 amide bonds. The van der Waals surface area contributed by atoms with Gasteiger partial charge in [-0.25, -0.2) is 0 Å². The number of morpholine rings is 1. The van der Waals surface area contributed by atoms with Gasteiger partial charge in [0.15, 0.2) is 0 Å². The number of aromatic nitrogens is 2. The summed E-state index contributed by atoms with van der Waals surface area (Å²) in [5.74, 6) is 0.768. The SMILES string of the molecule is CC(=O)O.NC1=NN=C(N2CCC(N3C[C@H](Cn4cc(Cl)cn4)OC[C@@H]3Cc3ccc(Cl)cc3)CC2)C1. The summed E-state index contributed by atoms with van der Waals surface area (Å²) in [7, 11) is 0. The van der Waals surface area contributed by atoms with Crippen LogP contribution in [-0.4, -0.2) is 86.8 Å². The van der Waals surface area contributed by atoms with Gasteiger partial charge < -0.3 is 20.5 Å². The van der Waals surface area contributed by atoms with Gasteiger partial charge in [-0.15, -0.1) is 10.2 Å². The molecule has 37 heavy (non-hydrogen) atoms. The van der Waals surface area contributed by atoms with Crippen LogP contribution in [-0.2, 0) is 22.5 Å². The molecule has 200 valence electrons. The van der Waals surface area contributed by atoms with E-state index in [0.717, 1.165) is 56.7 Å². The van der Waals surface area contributed by atoms with Gasteiger partial charge in [0.1, 0.15) is 11.7 Å². The predicted molar refractivity (Wildman–Crippen MR) is 144 cm³/mol. The fourth-order valence-corrected chi connectivity index (χ4v) is 5.32. The minimum atomic E-state index is -0.833. The predicted octanol–water partition coefficient (Wildman–Crippen LogP) is 3.13. The van der Waals surface area contributed by atoms with Crippen LogP contribution < -0.4 is 5.73 Å². The minimum absolute atomic E-state index is 0.0767. The van der Waals surface area contributed by atoms with Crippen molar-refractivity contribution in [3.05, 3.63) is 52.3 Å². The fraction of sp³-hybridized carbons (Fsp3) is 0.520. The Morgan fingerprint density at radius 1 is 1.16 bits per heavy atom. The number of carbonyl (C=O) groups is 1. The lowest BCUT2D eigenvalue weighted by molar-refractivity contribution is -0.134. The van der Waals surface area contributed by atoms with E-state index in [0.29, 0.717) is 42.5 Å². The number of carboxylic acids is 1. The smallest absolute Gasteiger partial charge is 0.300 e. The van der Waals surface area contributed by atoms with Crippen LogP contribution in [0.25, 0.3) is 0 Å². The third-order valence-electron chi connectivity index (χ3n) is 6.72. The highest BCUT2D eigenvalue weighted by atomic mass is 35.5. The molecule has 0 unspecified atom stereocenters. The van der Waals surface area contributed by atoms with Crippen molar-refractivity contribution in [1.29, 1.82) is 0 Å². The monoisotopic (exact) mass is 549 g/mol. The van der Waals surface area contributed by atoms with Gasteiger partial charge >= 0.3 is 0 Å². The number of nitrogens with zero attached hydrogens (tertiary/aromatic N) is 6. The molecular weight excluding hydrogens is 517 g/mol. The van der Waals surface area contributed by atoms with E-state index in [1.807, 2.05) is 23.0 Å². The number of hydrogen-bond donors (Lipinski definition) is 2. The van der Waals surface area contributed by atoms with Gasteiger partial charge in [0.05, 0.1) is 36.9 Å². The normalized spacial score (nSPS) is 22.7. The molecule has 0 aliphatic carbocycles. The fourth-order valence-electron chi connectivity index (χ4n) is 5.04. The van der Waals surface area contributed by atoms with E-state index >= 15 is 0 Å². The Morgan fingerprint density at radius 3 is 2.46 bits per heavy atom. The number of ether oxygens (including phenoxy) is 1. The van der Waals surface area contributed by atoms with Crippen LogP contribution in [0.4, 0.5) is 0 Å². The molecule has 2 saturated heterocycles. The van der Waals surface area contributed by atoms with Gasteiger partial charge in [0.25, 0.3) is 5.97 Å². The van der Waals surface area contributed by atoms with Crippen molar-refractivity contribution in [2.75, 3.05) is 26.2 Å². The zero-order valence-electron chi connectivity index (χ0n) is 20.8. The van der Waals surface area contributed by atoms with Crippen LogP contribution in [0, 0.1) is 0 Å². The lowest BCUT2D eigenvalue weighted by Gasteiger charge is -2.47. The Kier molecular flexibility index (Phi) is 9.42. The first kappa shape index (κ1) is 27.4. The molecule has 0 saturated carbocycles. The largest absolute Gasteiger partial charge is 0.481 e. The molecule has 0 radical (unpaired) electrons. The first-order chi connectivity index (χ1) is 17.8. The van der Waals surface area contributed by atoms with Crippen LogP contribution >= 0.6 is 23.2 Å². The van der Waals surface area contributed by atoms with Crippen molar-refractivity contribution >= 4 is 40.8 Å². The molecular formula is C25H33Cl2N7O3. The van der Waals surface area contributed by atoms with Crippen LogP contribution in [0.5, 0.6) is 0 Å². The highest BCUT2D eigenvalue weighted by molar-refractivity contribution is 6.30. The van der Waals surface area contributed by atoms with Crippen molar-refractivity contribution in [1.82, 2.24) is 19.6 Å². The maximum atomic E-state index is 9.00. The van der Waals surface area contributed by atoms with E-state index in [9.17, 15) is 0 Å². The summed E-state index contributed by atoms with van der Waals surface area (Å²) in [5, 5.41) is 21.4. The summed E-state index contributed by atoms with van der Waals surface area (Å²) >= 11 is 12.2. The number of amidine groups is 2. The lowest BCUT2D eigenvalue weighted by Crippen LogP contribution is -2.58. The molecule has 10 nitrogen and oxygen atoms in total.